The summed E-state index contributed by atoms with van der Waals surface area (Å²) in [5.41, 5.74) is 1.26. The lowest BCUT2D eigenvalue weighted by Gasteiger charge is -2.32. The average molecular weight is 547 g/mol. The van der Waals surface area contributed by atoms with Crippen molar-refractivity contribution in [2.75, 3.05) is 52.9 Å². The molecule has 3 aliphatic heterocycles. The highest BCUT2D eigenvalue weighted by atomic mass is 127. The predicted octanol–water partition coefficient (Wildman–Crippen LogP) is 3.28. The lowest BCUT2D eigenvalue weighted by molar-refractivity contribution is 0.176. The molecule has 4 rings (SSSR count). The number of aromatic nitrogens is 1. The quantitative estimate of drug-likeness (QED) is 0.337. The highest BCUT2D eigenvalue weighted by Crippen LogP contribution is 2.22. The van der Waals surface area contributed by atoms with E-state index >= 15 is 0 Å². The van der Waals surface area contributed by atoms with Crippen LogP contribution in [0.5, 0.6) is 0 Å². The first-order valence-corrected chi connectivity index (χ1v) is 12.5. The second kappa shape index (κ2) is 12.0. The molecule has 30 heavy (non-hydrogen) atoms. The van der Waals surface area contributed by atoms with Crippen LogP contribution in [0.2, 0.25) is 0 Å². The number of likely N-dealkylation sites (tertiary alicyclic amines) is 3. The predicted molar refractivity (Wildman–Crippen MR) is 137 cm³/mol. The summed E-state index contributed by atoms with van der Waals surface area (Å²) in [5, 5.41) is 7.20. The van der Waals surface area contributed by atoms with Crippen molar-refractivity contribution in [1.82, 2.24) is 25.0 Å². The minimum absolute atomic E-state index is 0. The van der Waals surface area contributed by atoms with Crippen LogP contribution in [-0.4, -0.2) is 84.5 Å². The SMILES string of the molecule is CCc1nc(CN2CCC(CNC(=NC)N3CCC(N4CCCC4)C3)CC2)cs1.I. The van der Waals surface area contributed by atoms with Gasteiger partial charge < -0.3 is 10.2 Å². The maximum absolute atomic E-state index is 4.73. The third-order valence-electron chi connectivity index (χ3n) is 6.88. The lowest BCUT2D eigenvalue weighted by atomic mass is 9.97. The molecule has 4 heterocycles. The molecule has 1 N–H and O–H groups in total. The molecule has 1 aromatic heterocycles. The van der Waals surface area contributed by atoms with Gasteiger partial charge in [0.05, 0.1) is 10.7 Å². The van der Waals surface area contributed by atoms with Gasteiger partial charge in [-0.15, -0.1) is 35.3 Å². The number of nitrogens with zero attached hydrogens (tertiary/aromatic N) is 5. The Bertz CT molecular complexity index is 666. The summed E-state index contributed by atoms with van der Waals surface area (Å²) in [6.45, 7) is 11.5. The van der Waals surface area contributed by atoms with Gasteiger partial charge in [0.15, 0.2) is 5.96 Å². The largest absolute Gasteiger partial charge is 0.356 e. The zero-order valence-corrected chi connectivity index (χ0v) is 21.8. The summed E-state index contributed by atoms with van der Waals surface area (Å²) in [6.07, 6.45) is 7.64. The summed E-state index contributed by atoms with van der Waals surface area (Å²) in [4.78, 5) is 17.1. The van der Waals surface area contributed by atoms with Crippen LogP contribution in [0, 0.1) is 5.92 Å². The molecule has 6 nitrogen and oxygen atoms in total. The van der Waals surface area contributed by atoms with E-state index in [1.54, 1.807) is 11.3 Å². The van der Waals surface area contributed by atoms with E-state index in [0.717, 1.165) is 50.5 Å². The van der Waals surface area contributed by atoms with Crippen molar-refractivity contribution in [2.45, 2.75) is 58.0 Å². The normalized spacial score (nSPS) is 24.4. The van der Waals surface area contributed by atoms with Crippen LogP contribution in [0.25, 0.3) is 0 Å². The highest BCUT2D eigenvalue weighted by molar-refractivity contribution is 14.0. The molecule has 3 fully saturated rings. The fourth-order valence-electron chi connectivity index (χ4n) is 5.07. The molecule has 0 aliphatic carbocycles. The summed E-state index contributed by atoms with van der Waals surface area (Å²) < 4.78 is 0. The van der Waals surface area contributed by atoms with Gasteiger partial charge in [-0.2, -0.15) is 0 Å². The molecule has 0 aromatic carbocycles. The number of rotatable bonds is 6. The Morgan fingerprint density at radius 1 is 1.17 bits per heavy atom. The average Bonchev–Trinajstić information content (AvgIpc) is 3.51. The van der Waals surface area contributed by atoms with E-state index in [9.17, 15) is 0 Å². The van der Waals surface area contributed by atoms with Crippen molar-refractivity contribution in [1.29, 1.82) is 0 Å². The number of aryl methyl sites for hydroxylation is 1. The monoisotopic (exact) mass is 546 g/mol. The van der Waals surface area contributed by atoms with Gasteiger partial charge in [-0.05, 0) is 70.6 Å². The molecule has 0 amide bonds. The molecule has 0 spiro atoms. The van der Waals surface area contributed by atoms with Gasteiger partial charge in [-0.1, -0.05) is 6.92 Å². The van der Waals surface area contributed by atoms with Crippen LogP contribution < -0.4 is 5.32 Å². The Morgan fingerprint density at radius 2 is 1.93 bits per heavy atom. The van der Waals surface area contributed by atoms with Gasteiger partial charge in [0, 0.05) is 44.6 Å². The van der Waals surface area contributed by atoms with E-state index in [2.05, 4.69) is 37.3 Å². The van der Waals surface area contributed by atoms with Crippen LogP contribution in [-0.2, 0) is 13.0 Å². The number of hydrogen-bond donors (Lipinski definition) is 1. The summed E-state index contributed by atoms with van der Waals surface area (Å²) in [7, 11) is 1.94. The topological polar surface area (TPSA) is 47.0 Å². The Morgan fingerprint density at radius 3 is 2.60 bits per heavy atom. The van der Waals surface area contributed by atoms with E-state index < -0.39 is 0 Å². The zero-order valence-electron chi connectivity index (χ0n) is 18.7. The zero-order chi connectivity index (χ0) is 20.1. The van der Waals surface area contributed by atoms with Gasteiger partial charge in [0.25, 0.3) is 0 Å². The van der Waals surface area contributed by atoms with Crippen molar-refractivity contribution in [3.8, 4) is 0 Å². The van der Waals surface area contributed by atoms with Crippen molar-refractivity contribution in [3.63, 3.8) is 0 Å². The maximum Gasteiger partial charge on any atom is 0.193 e. The van der Waals surface area contributed by atoms with E-state index in [4.69, 9.17) is 4.98 Å². The first-order valence-electron chi connectivity index (χ1n) is 11.6. The Balaban J connectivity index is 0.00000256. The van der Waals surface area contributed by atoms with Crippen molar-refractivity contribution in [3.05, 3.63) is 16.1 Å². The van der Waals surface area contributed by atoms with Gasteiger partial charge in [0.1, 0.15) is 0 Å². The van der Waals surface area contributed by atoms with Crippen LogP contribution >= 0.6 is 35.3 Å². The van der Waals surface area contributed by atoms with Crippen molar-refractivity contribution < 1.29 is 0 Å². The number of nitrogens with one attached hydrogen (secondary N) is 1. The van der Waals surface area contributed by atoms with E-state index in [0.29, 0.717) is 0 Å². The number of guanidine groups is 1. The molecular weight excluding hydrogens is 507 g/mol. The molecule has 1 aromatic rings. The van der Waals surface area contributed by atoms with E-state index in [1.165, 1.54) is 69.0 Å². The molecule has 0 bridgehead atoms. The number of halogens is 1. The maximum atomic E-state index is 4.73. The lowest BCUT2D eigenvalue weighted by Crippen LogP contribution is -2.45. The standard InChI is InChI=1S/C22H38N6S.HI/c1-3-21-25-19(17-29-21)15-26-11-6-18(7-12-26)14-24-22(23-2)28-13-8-20(16-28)27-9-4-5-10-27;/h17-18,20H,3-16H2,1-2H3,(H,23,24);1H. The number of hydrogen-bond acceptors (Lipinski definition) is 5. The van der Waals surface area contributed by atoms with Crippen molar-refractivity contribution in [2.24, 2.45) is 10.9 Å². The Kier molecular flexibility index (Phi) is 9.65. The first-order chi connectivity index (χ1) is 14.2. The smallest absolute Gasteiger partial charge is 0.193 e. The van der Waals surface area contributed by atoms with Gasteiger partial charge in [-0.25, -0.2) is 4.98 Å². The Labute approximate surface area is 203 Å². The van der Waals surface area contributed by atoms with Crippen LogP contribution in [0.1, 0.15) is 49.7 Å². The van der Waals surface area contributed by atoms with Gasteiger partial charge >= 0.3 is 0 Å². The molecular formula is C22H39IN6S. The highest BCUT2D eigenvalue weighted by Gasteiger charge is 2.31. The molecule has 1 unspecified atom stereocenters. The summed E-state index contributed by atoms with van der Waals surface area (Å²) in [5.74, 6) is 1.87. The molecule has 1 atom stereocenters. The van der Waals surface area contributed by atoms with Crippen LogP contribution in [0.4, 0.5) is 0 Å². The van der Waals surface area contributed by atoms with E-state index in [1.807, 2.05) is 7.05 Å². The summed E-state index contributed by atoms with van der Waals surface area (Å²) >= 11 is 1.80. The third kappa shape index (κ3) is 6.29. The van der Waals surface area contributed by atoms with Gasteiger partial charge in [-0.3, -0.25) is 14.8 Å². The van der Waals surface area contributed by atoms with Crippen LogP contribution in [0.15, 0.2) is 10.4 Å². The molecule has 170 valence electrons. The summed E-state index contributed by atoms with van der Waals surface area (Å²) in [6, 6.07) is 0.734. The molecule has 3 saturated heterocycles. The number of thiazole rings is 1. The fourth-order valence-corrected chi connectivity index (χ4v) is 5.80. The third-order valence-corrected chi connectivity index (χ3v) is 7.92. The number of aliphatic imine (C=N–C) groups is 1. The second-order valence-electron chi connectivity index (χ2n) is 8.87. The Hall–Kier alpha value is -0.450. The van der Waals surface area contributed by atoms with Gasteiger partial charge in [0.2, 0.25) is 0 Å². The minimum atomic E-state index is 0. The molecule has 0 radical (unpaired) electrons. The first kappa shape index (κ1) is 24.2. The van der Waals surface area contributed by atoms with Crippen molar-refractivity contribution >= 4 is 41.3 Å². The fraction of sp³-hybridized carbons (Fsp3) is 0.818. The minimum Gasteiger partial charge on any atom is -0.356 e. The molecule has 0 saturated carbocycles. The van der Waals surface area contributed by atoms with E-state index in [-0.39, 0.29) is 24.0 Å². The number of piperidine rings is 1. The molecule has 8 heteroatoms. The second-order valence-corrected chi connectivity index (χ2v) is 9.81. The molecule has 3 aliphatic rings. The van der Waals surface area contributed by atoms with Crippen LogP contribution in [0.3, 0.4) is 0 Å².